The number of hydrogen-bond acceptors (Lipinski definition) is 2. The fourth-order valence-electron chi connectivity index (χ4n) is 4.17. The molecule has 2 aromatic carbocycles. The number of para-hydroxylation sites is 1. The van der Waals surface area contributed by atoms with Gasteiger partial charge in [-0.2, -0.15) is 0 Å². The van der Waals surface area contributed by atoms with E-state index in [1.807, 2.05) is 0 Å². The Bertz CT molecular complexity index is 948. The van der Waals surface area contributed by atoms with Gasteiger partial charge in [0, 0.05) is 49.3 Å². The molecule has 0 bridgehead atoms. The third-order valence-electron chi connectivity index (χ3n) is 5.76. The highest BCUT2D eigenvalue weighted by Gasteiger charge is 2.27. The topological polar surface area (TPSA) is 22.3 Å². The van der Waals surface area contributed by atoms with Crippen LogP contribution in [0, 0.1) is 6.92 Å². The van der Waals surface area contributed by atoms with Gasteiger partial charge in [-0.15, -0.1) is 12.6 Å². The molecular weight excluding hydrogens is 382 g/mol. The van der Waals surface area contributed by atoms with Gasteiger partial charge >= 0.3 is 0 Å². The Morgan fingerprint density at radius 3 is 2.71 bits per heavy atom. The molecule has 1 unspecified atom stereocenters. The number of benzene rings is 2. The second-order valence-corrected chi connectivity index (χ2v) is 8.86. The van der Waals surface area contributed by atoms with Gasteiger partial charge in [0.25, 0.3) is 0 Å². The minimum atomic E-state index is 0.401. The average molecular weight is 410 g/mol. The van der Waals surface area contributed by atoms with Crippen LogP contribution >= 0.6 is 24.8 Å². The van der Waals surface area contributed by atoms with Crippen molar-refractivity contribution in [1.82, 2.24) is 14.8 Å². The van der Waals surface area contributed by atoms with Crippen molar-refractivity contribution in [1.29, 1.82) is 0 Å². The summed E-state index contributed by atoms with van der Waals surface area (Å²) in [6, 6.07) is 17.8. The van der Waals surface area contributed by atoms with Crippen LogP contribution in [-0.4, -0.2) is 44.8 Å². The number of aromatic amines is 1. The van der Waals surface area contributed by atoms with Crippen LogP contribution in [0.15, 0.2) is 54.7 Å². The molecule has 1 saturated heterocycles. The SMILES string of the molecule is Cc1ccc(CN2CCN(C(=S)S)C(CCc3c[nH]c4ccccc34)C2)cc1. The predicted molar refractivity (Wildman–Crippen MR) is 125 cm³/mol. The maximum atomic E-state index is 5.43. The highest BCUT2D eigenvalue weighted by Crippen LogP contribution is 2.23. The number of hydrogen-bond donors (Lipinski definition) is 2. The lowest BCUT2D eigenvalue weighted by atomic mass is 10.0. The second-order valence-electron chi connectivity index (χ2n) is 7.75. The summed E-state index contributed by atoms with van der Waals surface area (Å²) in [4.78, 5) is 8.24. The van der Waals surface area contributed by atoms with Crippen molar-refractivity contribution in [2.45, 2.75) is 32.4 Å². The number of aryl methyl sites for hydroxylation is 2. The van der Waals surface area contributed by atoms with Gasteiger partial charge in [0.15, 0.2) is 0 Å². The van der Waals surface area contributed by atoms with Crippen LogP contribution in [0.3, 0.4) is 0 Å². The van der Waals surface area contributed by atoms with Crippen LogP contribution in [0.5, 0.6) is 0 Å². The van der Waals surface area contributed by atoms with Gasteiger partial charge in [-0.1, -0.05) is 60.2 Å². The molecule has 2 heterocycles. The maximum absolute atomic E-state index is 5.43. The zero-order valence-corrected chi connectivity index (χ0v) is 18.0. The molecule has 0 amide bonds. The summed E-state index contributed by atoms with van der Waals surface area (Å²) in [6.07, 6.45) is 4.27. The van der Waals surface area contributed by atoms with Gasteiger partial charge in [0.05, 0.1) is 0 Å². The van der Waals surface area contributed by atoms with Crippen molar-refractivity contribution < 1.29 is 0 Å². The number of aromatic nitrogens is 1. The number of thiocarbonyl (C=S) groups is 1. The van der Waals surface area contributed by atoms with E-state index < -0.39 is 0 Å². The highest BCUT2D eigenvalue weighted by atomic mass is 32.1. The minimum Gasteiger partial charge on any atom is -0.361 e. The third-order valence-corrected chi connectivity index (χ3v) is 6.25. The number of piperazine rings is 1. The number of nitrogens with zero attached hydrogens (tertiary/aromatic N) is 2. The molecule has 4 rings (SSSR count). The maximum Gasteiger partial charge on any atom is 0.133 e. The van der Waals surface area contributed by atoms with Crippen LogP contribution in [0.4, 0.5) is 0 Å². The lowest BCUT2D eigenvalue weighted by molar-refractivity contribution is 0.120. The van der Waals surface area contributed by atoms with E-state index in [0.29, 0.717) is 6.04 Å². The van der Waals surface area contributed by atoms with Gasteiger partial charge in [0.2, 0.25) is 0 Å². The molecule has 1 aromatic heterocycles. The molecule has 0 aliphatic carbocycles. The first-order valence-electron chi connectivity index (χ1n) is 9.92. The van der Waals surface area contributed by atoms with Crippen LogP contribution in [0.25, 0.3) is 10.9 Å². The number of H-pyrrole nitrogens is 1. The lowest BCUT2D eigenvalue weighted by Crippen LogP contribution is -2.53. The zero-order chi connectivity index (χ0) is 19.5. The summed E-state index contributed by atoms with van der Waals surface area (Å²) < 4.78 is 0.721. The number of thiol groups is 1. The van der Waals surface area contributed by atoms with Gasteiger partial charge in [-0.3, -0.25) is 4.90 Å². The van der Waals surface area contributed by atoms with Gasteiger partial charge in [0.1, 0.15) is 4.32 Å². The van der Waals surface area contributed by atoms with E-state index in [0.717, 1.165) is 43.3 Å². The smallest absolute Gasteiger partial charge is 0.133 e. The minimum absolute atomic E-state index is 0.401. The molecule has 146 valence electrons. The molecule has 1 N–H and O–H groups in total. The van der Waals surface area contributed by atoms with Crippen LogP contribution in [0.2, 0.25) is 0 Å². The Balaban J connectivity index is 1.44. The molecular formula is C23H27N3S2. The molecule has 1 aliphatic rings. The molecule has 0 spiro atoms. The molecule has 1 atom stereocenters. The van der Waals surface area contributed by atoms with Gasteiger partial charge < -0.3 is 9.88 Å². The van der Waals surface area contributed by atoms with Gasteiger partial charge in [-0.25, -0.2) is 0 Å². The molecule has 0 saturated carbocycles. The molecule has 1 fully saturated rings. The first-order valence-corrected chi connectivity index (χ1v) is 10.8. The van der Waals surface area contributed by atoms with Crippen molar-refractivity contribution in [3.05, 3.63) is 71.4 Å². The van der Waals surface area contributed by atoms with E-state index in [9.17, 15) is 0 Å². The van der Waals surface area contributed by atoms with Crippen molar-refractivity contribution in [3.8, 4) is 0 Å². The molecule has 1 aliphatic heterocycles. The molecule has 3 nitrogen and oxygen atoms in total. The van der Waals surface area contributed by atoms with E-state index in [-0.39, 0.29) is 0 Å². The van der Waals surface area contributed by atoms with E-state index in [4.69, 9.17) is 12.2 Å². The zero-order valence-electron chi connectivity index (χ0n) is 16.3. The Morgan fingerprint density at radius 2 is 1.93 bits per heavy atom. The van der Waals surface area contributed by atoms with Crippen molar-refractivity contribution >= 4 is 40.1 Å². The van der Waals surface area contributed by atoms with E-state index in [1.54, 1.807) is 0 Å². The number of rotatable bonds is 5. The third kappa shape index (κ3) is 4.43. The second kappa shape index (κ2) is 8.68. The molecule has 5 heteroatoms. The largest absolute Gasteiger partial charge is 0.361 e. The van der Waals surface area contributed by atoms with Crippen molar-refractivity contribution in [2.24, 2.45) is 0 Å². The Labute approximate surface area is 178 Å². The van der Waals surface area contributed by atoms with Crippen LogP contribution < -0.4 is 0 Å². The number of fused-ring (bicyclic) bond motifs is 1. The van der Waals surface area contributed by atoms with Crippen molar-refractivity contribution in [2.75, 3.05) is 19.6 Å². The average Bonchev–Trinajstić information content (AvgIpc) is 3.11. The van der Waals surface area contributed by atoms with E-state index in [2.05, 4.69) is 89.1 Å². The van der Waals surface area contributed by atoms with Crippen molar-refractivity contribution in [3.63, 3.8) is 0 Å². The molecule has 3 aromatic rings. The predicted octanol–water partition coefficient (Wildman–Crippen LogP) is 4.81. The molecule has 0 radical (unpaired) electrons. The summed E-state index contributed by atoms with van der Waals surface area (Å²) in [5.41, 5.74) is 5.29. The highest BCUT2D eigenvalue weighted by molar-refractivity contribution is 8.10. The fourth-order valence-corrected chi connectivity index (χ4v) is 4.68. The Morgan fingerprint density at radius 1 is 1.14 bits per heavy atom. The summed E-state index contributed by atoms with van der Waals surface area (Å²) in [6.45, 7) is 6.13. The quantitative estimate of drug-likeness (QED) is 0.467. The van der Waals surface area contributed by atoms with E-state index >= 15 is 0 Å². The number of nitrogens with one attached hydrogen (secondary N) is 1. The Hall–Kier alpha value is -1.82. The first-order chi connectivity index (χ1) is 13.6. The summed E-state index contributed by atoms with van der Waals surface area (Å²) in [5, 5.41) is 1.33. The van der Waals surface area contributed by atoms with E-state index in [1.165, 1.54) is 27.6 Å². The van der Waals surface area contributed by atoms with Crippen LogP contribution in [0.1, 0.15) is 23.1 Å². The van der Waals surface area contributed by atoms with Gasteiger partial charge in [-0.05, 0) is 37.0 Å². The summed E-state index contributed by atoms with van der Waals surface area (Å²) >= 11 is 9.93. The normalized spacial score (nSPS) is 17.9. The monoisotopic (exact) mass is 409 g/mol. The lowest BCUT2D eigenvalue weighted by Gasteiger charge is -2.42. The molecule has 28 heavy (non-hydrogen) atoms. The van der Waals surface area contributed by atoms with Crippen LogP contribution in [-0.2, 0) is 13.0 Å². The summed E-state index contributed by atoms with van der Waals surface area (Å²) in [7, 11) is 0. The summed E-state index contributed by atoms with van der Waals surface area (Å²) in [5.74, 6) is 0. The fraction of sp³-hybridized carbons (Fsp3) is 0.348. The Kier molecular flexibility index (Phi) is 6.04. The standard InChI is InChI=1S/C23H27N3S2/c1-17-6-8-18(9-7-17)15-25-12-13-26(23(27)28)20(16-25)11-10-19-14-24-22-5-3-2-4-21(19)22/h2-9,14,20,24H,10-13,15-16H2,1H3,(H,27,28). The first kappa shape index (κ1) is 19.5.